The SMILES string of the molecule is Cc1c(Cl)cccc1NC(=O)[C@H](C)OC(=O)c1ccccc1SC(F)F. The van der Waals surface area contributed by atoms with Crippen LogP contribution >= 0.6 is 23.4 Å². The molecular formula is C18H16ClF2NO3S. The third-order valence-corrected chi connectivity index (χ3v) is 4.70. The van der Waals surface area contributed by atoms with Crippen LogP contribution in [-0.4, -0.2) is 23.7 Å². The lowest BCUT2D eigenvalue weighted by atomic mass is 10.2. The van der Waals surface area contributed by atoms with Gasteiger partial charge in [-0.3, -0.25) is 4.79 Å². The lowest BCUT2D eigenvalue weighted by molar-refractivity contribution is -0.123. The van der Waals surface area contributed by atoms with Crippen molar-refractivity contribution >= 4 is 40.9 Å². The number of thioether (sulfide) groups is 1. The molecule has 1 amide bonds. The summed E-state index contributed by atoms with van der Waals surface area (Å²) in [4.78, 5) is 24.6. The van der Waals surface area contributed by atoms with E-state index in [1.165, 1.54) is 25.1 Å². The minimum Gasteiger partial charge on any atom is -0.449 e. The molecule has 0 aliphatic heterocycles. The monoisotopic (exact) mass is 399 g/mol. The second kappa shape index (κ2) is 9.00. The molecule has 138 valence electrons. The first-order valence-electron chi connectivity index (χ1n) is 7.60. The second-order valence-electron chi connectivity index (χ2n) is 5.32. The fourth-order valence-corrected chi connectivity index (χ4v) is 2.89. The van der Waals surface area contributed by atoms with Gasteiger partial charge in [-0.1, -0.05) is 41.6 Å². The van der Waals surface area contributed by atoms with E-state index in [0.717, 1.165) is 0 Å². The standard InChI is InChI=1S/C18H16ClF2NO3S/c1-10-13(19)7-5-8-14(10)22-16(23)11(2)25-17(24)12-6-3-4-9-15(12)26-18(20)21/h3-9,11,18H,1-2H3,(H,22,23)/t11-/m0/s1. The van der Waals surface area contributed by atoms with E-state index in [2.05, 4.69) is 5.32 Å². The molecule has 0 unspecified atom stereocenters. The van der Waals surface area contributed by atoms with Crippen LogP contribution in [0.15, 0.2) is 47.4 Å². The van der Waals surface area contributed by atoms with Crippen molar-refractivity contribution in [2.75, 3.05) is 5.32 Å². The van der Waals surface area contributed by atoms with Gasteiger partial charge in [0.05, 0.1) is 5.56 Å². The zero-order valence-electron chi connectivity index (χ0n) is 14.0. The number of hydrogen-bond donors (Lipinski definition) is 1. The van der Waals surface area contributed by atoms with Gasteiger partial charge in [-0.05, 0) is 43.7 Å². The highest BCUT2D eigenvalue weighted by Gasteiger charge is 2.22. The number of ether oxygens (including phenoxy) is 1. The molecule has 1 N–H and O–H groups in total. The first kappa shape index (κ1) is 20.2. The van der Waals surface area contributed by atoms with Crippen molar-refractivity contribution in [2.45, 2.75) is 30.6 Å². The molecule has 2 aromatic rings. The fraction of sp³-hybridized carbons (Fsp3) is 0.222. The summed E-state index contributed by atoms with van der Waals surface area (Å²) in [5, 5.41) is 3.12. The van der Waals surface area contributed by atoms with E-state index in [1.54, 1.807) is 31.2 Å². The topological polar surface area (TPSA) is 55.4 Å². The Kier molecular flexibility index (Phi) is 6.99. The number of amides is 1. The predicted molar refractivity (Wildman–Crippen MR) is 98.0 cm³/mol. The van der Waals surface area contributed by atoms with Crippen LogP contribution in [0.3, 0.4) is 0 Å². The number of carbonyl (C=O) groups excluding carboxylic acids is 2. The number of halogens is 3. The molecular weight excluding hydrogens is 384 g/mol. The number of esters is 1. The number of anilines is 1. The van der Waals surface area contributed by atoms with Gasteiger partial charge in [-0.2, -0.15) is 8.78 Å². The maximum atomic E-state index is 12.6. The number of rotatable bonds is 6. The molecule has 4 nitrogen and oxygen atoms in total. The molecule has 0 saturated heterocycles. The maximum absolute atomic E-state index is 12.6. The smallest absolute Gasteiger partial charge is 0.340 e. The molecule has 0 aromatic heterocycles. The van der Waals surface area contributed by atoms with Gasteiger partial charge < -0.3 is 10.1 Å². The lowest BCUT2D eigenvalue weighted by Crippen LogP contribution is -2.30. The minimum absolute atomic E-state index is 0.0172. The van der Waals surface area contributed by atoms with Crippen molar-refractivity contribution in [3.8, 4) is 0 Å². The molecule has 26 heavy (non-hydrogen) atoms. The zero-order valence-corrected chi connectivity index (χ0v) is 15.5. The van der Waals surface area contributed by atoms with Crippen LogP contribution < -0.4 is 5.32 Å². The first-order valence-corrected chi connectivity index (χ1v) is 8.86. The van der Waals surface area contributed by atoms with Gasteiger partial charge in [0.1, 0.15) is 0 Å². The average molecular weight is 400 g/mol. The summed E-state index contributed by atoms with van der Waals surface area (Å²) in [6, 6.07) is 10.9. The van der Waals surface area contributed by atoms with E-state index in [4.69, 9.17) is 16.3 Å². The normalized spacial score (nSPS) is 11.9. The molecule has 0 aliphatic rings. The van der Waals surface area contributed by atoms with Gasteiger partial charge in [-0.25, -0.2) is 4.79 Å². The number of carbonyl (C=O) groups is 2. The molecule has 0 radical (unpaired) electrons. The summed E-state index contributed by atoms with van der Waals surface area (Å²) in [6.07, 6.45) is -1.12. The van der Waals surface area contributed by atoms with Gasteiger partial charge >= 0.3 is 5.97 Å². The highest BCUT2D eigenvalue weighted by molar-refractivity contribution is 7.99. The van der Waals surface area contributed by atoms with Crippen LogP contribution in [0.4, 0.5) is 14.5 Å². The Morgan fingerprint density at radius 2 is 1.85 bits per heavy atom. The third-order valence-electron chi connectivity index (χ3n) is 3.50. The summed E-state index contributed by atoms with van der Waals surface area (Å²) < 4.78 is 30.3. The second-order valence-corrected chi connectivity index (χ2v) is 6.76. The highest BCUT2D eigenvalue weighted by Crippen LogP contribution is 2.29. The van der Waals surface area contributed by atoms with E-state index in [1.807, 2.05) is 0 Å². The zero-order chi connectivity index (χ0) is 19.3. The van der Waals surface area contributed by atoms with Crippen LogP contribution in [0.25, 0.3) is 0 Å². The number of benzene rings is 2. The summed E-state index contributed by atoms with van der Waals surface area (Å²) >= 11 is 6.25. The van der Waals surface area contributed by atoms with Gasteiger partial charge in [-0.15, -0.1) is 0 Å². The van der Waals surface area contributed by atoms with E-state index < -0.39 is 23.7 Å². The first-order chi connectivity index (χ1) is 12.3. The minimum atomic E-state index is -2.67. The number of nitrogens with one attached hydrogen (secondary N) is 1. The van der Waals surface area contributed by atoms with Crippen molar-refractivity contribution in [2.24, 2.45) is 0 Å². The molecule has 1 atom stereocenters. The summed E-state index contributed by atoms with van der Waals surface area (Å²) in [7, 11) is 0. The Morgan fingerprint density at radius 1 is 1.15 bits per heavy atom. The molecule has 2 rings (SSSR count). The lowest BCUT2D eigenvalue weighted by Gasteiger charge is -2.16. The number of hydrogen-bond acceptors (Lipinski definition) is 4. The Balaban J connectivity index is 2.07. The van der Waals surface area contributed by atoms with Gasteiger partial charge in [0.2, 0.25) is 0 Å². The van der Waals surface area contributed by atoms with E-state index in [9.17, 15) is 18.4 Å². The van der Waals surface area contributed by atoms with Crippen LogP contribution in [0.2, 0.25) is 5.02 Å². The predicted octanol–water partition coefficient (Wildman–Crippen LogP) is 5.15. The molecule has 0 heterocycles. The Labute approximate surface area is 158 Å². The molecule has 0 fully saturated rings. The largest absolute Gasteiger partial charge is 0.449 e. The fourth-order valence-electron chi connectivity index (χ4n) is 2.09. The average Bonchev–Trinajstić information content (AvgIpc) is 2.58. The molecule has 2 aromatic carbocycles. The van der Waals surface area contributed by atoms with Crippen LogP contribution in [0, 0.1) is 6.92 Å². The number of alkyl halides is 2. The van der Waals surface area contributed by atoms with Gasteiger partial charge in [0.15, 0.2) is 6.10 Å². The van der Waals surface area contributed by atoms with Crippen molar-refractivity contribution in [3.63, 3.8) is 0 Å². The summed E-state index contributed by atoms with van der Waals surface area (Å²) in [6.45, 7) is 3.14. The van der Waals surface area contributed by atoms with E-state index >= 15 is 0 Å². The molecule has 8 heteroatoms. The Bertz CT molecular complexity index is 817. The Morgan fingerprint density at radius 3 is 2.54 bits per heavy atom. The molecule has 0 saturated carbocycles. The van der Waals surface area contributed by atoms with Crippen molar-refractivity contribution in [1.82, 2.24) is 0 Å². The summed E-state index contributed by atoms with van der Waals surface area (Å²) in [5.41, 5.74) is 1.16. The third kappa shape index (κ3) is 5.19. The summed E-state index contributed by atoms with van der Waals surface area (Å²) in [5.74, 6) is -4.07. The molecule has 0 spiro atoms. The molecule has 0 aliphatic carbocycles. The van der Waals surface area contributed by atoms with Gasteiger partial charge in [0, 0.05) is 15.6 Å². The molecule has 0 bridgehead atoms. The van der Waals surface area contributed by atoms with E-state index in [0.29, 0.717) is 16.3 Å². The van der Waals surface area contributed by atoms with Crippen LogP contribution in [-0.2, 0) is 9.53 Å². The van der Waals surface area contributed by atoms with Crippen LogP contribution in [0.5, 0.6) is 0 Å². The van der Waals surface area contributed by atoms with E-state index in [-0.39, 0.29) is 22.2 Å². The van der Waals surface area contributed by atoms with Gasteiger partial charge in [0.25, 0.3) is 11.7 Å². The quantitative estimate of drug-likeness (QED) is 0.539. The maximum Gasteiger partial charge on any atom is 0.340 e. The van der Waals surface area contributed by atoms with Crippen molar-refractivity contribution in [3.05, 3.63) is 58.6 Å². The highest BCUT2D eigenvalue weighted by atomic mass is 35.5. The Hall–Kier alpha value is -2.12. The van der Waals surface area contributed by atoms with Crippen molar-refractivity contribution in [1.29, 1.82) is 0 Å². The van der Waals surface area contributed by atoms with Crippen LogP contribution in [0.1, 0.15) is 22.8 Å². The van der Waals surface area contributed by atoms with Crippen molar-refractivity contribution < 1.29 is 23.1 Å².